The number of aryl methyl sites for hydroxylation is 1. The summed E-state index contributed by atoms with van der Waals surface area (Å²) in [6.45, 7) is 1.84. The molecular weight excluding hydrogens is 284 g/mol. The topological polar surface area (TPSA) is 72.2 Å². The largest absolute Gasteiger partial charge is 0.366 e. The van der Waals surface area contributed by atoms with Gasteiger partial charge in [-0.2, -0.15) is 0 Å². The molecule has 0 unspecified atom stereocenters. The first-order chi connectivity index (χ1) is 8.97. The second-order valence-electron chi connectivity index (χ2n) is 3.93. The van der Waals surface area contributed by atoms with Crippen LogP contribution >= 0.6 is 22.9 Å². The molecule has 0 aliphatic heterocycles. The lowest BCUT2D eigenvalue weighted by Gasteiger charge is -2.04. The van der Waals surface area contributed by atoms with Crippen molar-refractivity contribution in [1.29, 1.82) is 0 Å². The first-order valence-corrected chi connectivity index (χ1v) is 6.64. The number of carbonyl (C=O) groups excluding carboxylic acids is 2. The minimum absolute atomic E-state index is 0.317. The summed E-state index contributed by atoms with van der Waals surface area (Å²) in [6, 6.07) is 8.22. The number of nitrogens with two attached hydrogens (primary N) is 1. The number of hydrogen-bond donors (Lipinski definition) is 2. The van der Waals surface area contributed by atoms with E-state index < -0.39 is 5.91 Å². The smallest absolute Gasteiger partial charge is 0.256 e. The average molecular weight is 295 g/mol. The maximum atomic E-state index is 12.0. The maximum Gasteiger partial charge on any atom is 0.256 e. The zero-order valence-electron chi connectivity index (χ0n) is 10.1. The molecule has 0 saturated carbocycles. The van der Waals surface area contributed by atoms with E-state index in [4.69, 9.17) is 17.3 Å². The fraction of sp³-hybridized carbons (Fsp3) is 0.0769. The van der Waals surface area contributed by atoms with Gasteiger partial charge in [0, 0.05) is 15.5 Å². The van der Waals surface area contributed by atoms with Gasteiger partial charge in [-0.25, -0.2) is 0 Å². The predicted octanol–water partition coefficient (Wildman–Crippen LogP) is 3.06. The Morgan fingerprint density at radius 2 is 2.05 bits per heavy atom. The molecule has 98 valence electrons. The van der Waals surface area contributed by atoms with Crippen molar-refractivity contribution in [3.63, 3.8) is 0 Å². The van der Waals surface area contributed by atoms with Gasteiger partial charge in [-0.3, -0.25) is 9.59 Å². The Kier molecular flexibility index (Phi) is 3.87. The van der Waals surface area contributed by atoms with Gasteiger partial charge in [-0.15, -0.1) is 11.3 Å². The van der Waals surface area contributed by atoms with Crippen molar-refractivity contribution >= 4 is 39.8 Å². The minimum atomic E-state index is -0.564. The molecular formula is C13H11ClN2O2S. The Hall–Kier alpha value is -1.85. The second-order valence-corrected chi connectivity index (χ2v) is 5.62. The maximum absolute atomic E-state index is 12.0. The van der Waals surface area contributed by atoms with Crippen LogP contribution in [0.2, 0.25) is 5.02 Å². The van der Waals surface area contributed by atoms with Crippen molar-refractivity contribution in [3.8, 4) is 0 Å². The van der Waals surface area contributed by atoms with Crippen LogP contribution in [0.5, 0.6) is 0 Å². The number of benzene rings is 1. The van der Waals surface area contributed by atoms with E-state index in [1.807, 2.05) is 6.92 Å². The molecule has 0 aliphatic carbocycles. The van der Waals surface area contributed by atoms with E-state index in [0.29, 0.717) is 21.2 Å². The molecule has 0 aliphatic rings. The number of thiophene rings is 1. The Morgan fingerprint density at radius 3 is 2.68 bits per heavy atom. The van der Waals surface area contributed by atoms with Gasteiger partial charge in [0.05, 0.1) is 5.56 Å². The molecule has 0 saturated heterocycles. The van der Waals surface area contributed by atoms with Gasteiger partial charge in [-0.05, 0) is 31.2 Å². The van der Waals surface area contributed by atoms with Crippen molar-refractivity contribution in [2.45, 2.75) is 6.92 Å². The van der Waals surface area contributed by atoms with Gasteiger partial charge >= 0.3 is 0 Å². The number of halogens is 1. The summed E-state index contributed by atoms with van der Waals surface area (Å²) in [4.78, 5) is 24.2. The van der Waals surface area contributed by atoms with Crippen LogP contribution in [-0.4, -0.2) is 11.8 Å². The molecule has 2 amide bonds. The lowest BCUT2D eigenvalue weighted by Crippen LogP contribution is -2.16. The molecule has 2 aromatic rings. The van der Waals surface area contributed by atoms with Crippen LogP contribution < -0.4 is 11.1 Å². The minimum Gasteiger partial charge on any atom is -0.366 e. The predicted molar refractivity (Wildman–Crippen MR) is 77.0 cm³/mol. The summed E-state index contributed by atoms with van der Waals surface area (Å²) in [7, 11) is 0. The fourth-order valence-electron chi connectivity index (χ4n) is 1.60. The van der Waals surface area contributed by atoms with Crippen molar-refractivity contribution in [3.05, 3.63) is 51.4 Å². The van der Waals surface area contributed by atoms with E-state index in [9.17, 15) is 9.59 Å². The van der Waals surface area contributed by atoms with Crippen LogP contribution in [0.25, 0.3) is 0 Å². The molecule has 0 fully saturated rings. The normalized spacial score (nSPS) is 10.2. The highest BCUT2D eigenvalue weighted by molar-refractivity contribution is 7.16. The number of amides is 2. The van der Waals surface area contributed by atoms with Crippen LogP contribution in [0.3, 0.4) is 0 Å². The van der Waals surface area contributed by atoms with Crippen LogP contribution in [0, 0.1) is 6.92 Å². The third-order valence-electron chi connectivity index (χ3n) is 2.43. The highest BCUT2D eigenvalue weighted by atomic mass is 35.5. The molecule has 19 heavy (non-hydrogen) atoms. The van der Waals surface area contributed by atoms with Crippen LogP contribution in [0.15, 0.2) is 30.3 Å². The number of primary amides is 1. The lowest BCUT2D eigenvalue weighted by atomic mass is 10.2. The van der Waals surface area contributed by atoms with Crippen molar-refractivity contribution in [2.75, 3.05) is 5.32 Å². The van der Waals surface area contributed by atoms with Gasteiger partial charge in [0.1, 0.15) is 5.00 Å². The molecule has 0 atom stereocenters. The standard InChI is InChI=1S/C13H11ClN2O2S/c1-7-5-10(11(15)17)13(19-7)16-12(18)8-3-2-4-9(14)6-8/h2-6H,1H3,(H2,15,17)(H,16,18). The zero-order valence-corrected chi connectivity index (χ0v) is 11.6. The average Bonchev–Trinajstić information content (AvgIpc) is 2.70. The Morgan fingerprint density at radius 1 is 1.32 bits per heavy atom. The Balaban J connectivity index is 2.26. The van der Waals surface area contributed by atoms with Gasteiger partial charge in [-0.1, -0.05) is 17.7 Å². The molecule has 1 heterocycles. The zero-order chi connectivity index (χ0) is 14.0. The summed E-state index contributed by atoms with van der Waals surface area (Å²) in [6.07, 6.45) is 0. The molecule has 0 radical (unpaired) electrons. The number of hydrogen-bond acceptors (Lipinski definition) is 3. The first kappa shape index (κ1) is 13.6. The molecule has 6 heteroatoms. The molecule has 1 aromatic heterocycles. The molecule has 0 spiro atoms. The van der Waals surface area contributed by atoms with Crippen LogP contribution in [-0.2, 0) is 0 Å². The van der Waals surface area contributed by atoms with Crippen molar-refractivity contribution in [1.82, 2.24) is 0 Å². The summed E-state index contributed by atoms with van der Waals surface area (Å²) in [5.41, 5.74) is 6.00. The molecule has 3 N–H and O–H groups in total. The van der Waals surface area contributed by atoms with Crippen molar-refractivity contribution in [2.24, 2.45) is 5.73 Å². The van der Waals surface area contributed by atoms with E-state index in [0.717, 1.165) is 4.88 Å². The van der Waals surface area contributed by atoms with Crippen molar-refractivity contribution < 1.29 is 9.59 Å². The molecule has 0 bridgehead atoms. The van der Waals surface area contributed by atoms with E-state index in [2.05, 4.69) is 5.32 Å². The first-order valence-electron chi connectivity index (χ1n) is 5.44. The monoisotopic (exact) mass is 294 g/mol. The quantitative estimate of drug-likeness (QED) is 0.913. The third kappa shape index (κ3) is 3.13. The number of anilines is 1. The van der Waals surface area contributed by atoms with Gasteiger partial charge in [0.2, 0.25) is 0 Å². The number of rotatable bonds is 3. The van der Waals surface area contributed by atoms with Gasteiger partial charge in [0.25, 0.3) is 11.8 Å². The summed E-state index contributed by atoms with van der Waals surface area (Å²) < 4.78 is 0. The molecule has 2 rings (SSSR count). The SMILES string of the molecule is Cc1cc(C(N)=O)c(NC(=O)c2cccc(Cl)c2)s1. The highest BCUT2D eigenvalue weighted by Gasteiger charge is 2.15. The summed E-state index contributed by atoms with van der Waals surface area (Å²) in [5.74, 6) is -0.891. The lowest BCUT2D eigenvalue weighted by molar-refractivity contribution is 0.100. The van der Waals surface area contributed by atoms with Gasteiger partial charge in [0.15, 0.2) is 0 Å². The fourth-order valence-corrected chi connectivity index (χ4v) is 2.70. The Labute approximate surface area is 119 Å². The summed E-state index contributed by atoms with van der Waals surface area (Å²) in [5, 5.41) is 3.61. The second kappa shape index (κ2) is 5.42. The van der Waals surface area contributed by atoms with Gasteiger partial charge < -0.3 is 11.1 Å². The van der Waals surface area contributed by atoms with E-state index >= 15 is 0 Å². The number of carbonyl (C=O) groups is 2. The van der Waals surface area contributed by atoms with E-state index in [1.54, 1.807) is 30.3 Å². The highest BCUT2D eigenvalue weighted by Crippen LogP contribution is 2.27. The van der Waals surface area contributed by atoms with Crippen LogP contribution in [0.4, 0.5) is 5.00 Å². The molecule has 4 nitrogen and oxygen atoms in total. The van der Waals surface area contributed by atoms with E-state index in [1.165, 1.54) is 11.3 Å². The van der Waals surface area contributed by atoms with Crippen LogP contribution in [0.1, 0.15) is 25.6 Å². The third-order valence-corrected chi connectivity index (χ3v) is 3.64. The number of nitrogens with one attached hydrogen (secondary N) is 1. The Bertz CT molecular complexity index is 652. The molecule has 1 aromatic carbocycles. The van der Waals surface area contributed by atoms with E-state index in [-0.39, 0.29) is 5.91 Å². The summed E-state index contributed by atoms with van der Waals surface area (Å²) >= 11 is 7.13.